The van der Waals surface area contributed by atoms with Crippen LogP contribution in [0.5, 0.6) is 5.75 Å². The maximum atomic E-state index is 5.81. The van der Waals surface area contributed by atoms with Gasteiger partial charge in [-0.25, -0.2) is 4.98 Å². The van der Waals surface area contributed by atoms with Crippen LogP contribution in [0.25, 0.3) is 11.4 Å². The molecule has 0 bridgehead atoms. The van der Waals surface area contributed by atoms with Gasteiger partial charge in [0.2, 0.25) is 0 Å². The molecular weight excluding hydrogens is 238 g/mol. The smallest absolute Gasteiger partial charge is 0.183 e. The van der Waals surface area contributed by atoms with Crippen LogP contribution in [0, 0.1) is 13.8 Å². The van der Waals surface area contributed by atoms with E-state index in [4.69, 9.17) is 16.3 Å². The minimum absolute atomic E-state index is 0.336. The first-order chi connectivity index (χ1) is 8.11. The molecule has 0 aliphatic carbocycles. The summed E-state index contributed by atoms with van der Waals surface area (Å²) < 4.78 is 5.26. The quantitative estimate of drug-likeness (QED) is 0.821. The van der Waals surface area contributed by atoms with Crippen molar-refractivity contribution in [1.82, 2.24) is 15.2 Å². The van der Waals surface area contributed by atoms with Gasteiger partial charge in [0.05, 0.1) is 13.3 Å². The highest BCUT2D eigenvalue weighted by Crippen LogP contribution is 2.28. The molecule has 0 aliphatic heterocycles. The maximum Gasteiger partial charge on any atom is 0.183 e. The Bertz CT molecular complexity index is 557. The molecule has 0 radical (unpaired) electrons. The number of hydrogen-bond donors (Lipinski definition) is 0. The van der Waals surface area contributed by atoms with E-state index in [9.17, 15) is 0 Å². The van der Waals surface area contributed by atoms with Crippen LogP contribution in [0.1, 0.15) is 11.1 Å². The molecule has 0 spiro atoms. The van der Waals surface area contributed by atoms with Crippen LogP contribution in [0.15, 0.2) is 18.3 Å². The molecule has 1 aromatic carbocycles. The van der Waals surface area contributed by atoms with Crippen molar-refractivity contribution in [3.63, 3.8) is 0 Å². The Labute approximate surface area is 105 Å². The Kier molecular flexibility index (Phi) is 3.24. The zero-order chi connectivity index (χ0) is 12.4. The molecule has 0 aliphatic rings. The van der Waals surface area contributed by atoms with Crippen LogP contribution in [0.2, 0.25) is 5.15 Å². The van der Waals surface area contributed by atoms with Crippen molar-refractivity contribution in [1.29, 1.82) is 0 Å². The third-order valence-electron chi connectivity index (χ3n) is 2.51. The molecule has 17 heavy (non-hydrogen) atoms. The van der Waals surface area contributed by atoms with Crippen molar-refractivity contribution in [2.45, 2.75) is 13.8 Å². The van der Waals surface area contributed by atoms with E-state index in [-0.39, 0.29) is 0 Å². The van der Waals surface area contributed by atoms with Crippen molar-refractivity contribution < 1.29 is 4.74 Å². The number of methoxy groups -OCH3 is 1. The number of rotatable bonds is 2. The number of halogens is 1. The van der Waals surface area contributed by atoms with Gasteiger partial charge in [0, 0.05) is 5.56 Å². The third-order valence-corrected chi connectivity index (χ3v) is 2.69. The lowest BCUT2D eigenvalue weighted by molar-refractivity contribution is 0.411. The van der Waals surface area contributed by atoms with Crippen LogP contribution in [0.4, 0.5) is 0 Å². The van der Waals surface area contributed by atoms with E-state index in [1.165, 1.54) is 6.20 Å². The molecule has 4 nitrogen and oxygen atoms in total. The molecule has 2 aromatic rings. The summed E-state index contributed by atoms with van der Waals surface area (Å²) in [4.78, 5) is 4.15. The standard InChI is InChI=1S/C12H12ClN3O/c1-7-5-10(17-3)8(2)4-9(7)12-15-11(13)6-14-16-12/h4-6H,1-3H3. The minimum Gasteiger partial charge on any atom is -0.496 e. The Hall–Kier alpha value is -1.68. The molecule has 1 aromatic heterocycles. The van der Waals surface area contributed by atoms with E-state index in [0.29, 0.717) is 11.0 Å². The number of hydrogen-bond acceptors (Lipinski definition) is 4. The molecule has 0 unspecified atom stereocenters. The Morgan fingerprint density at radius 3 is 2.59 bits per heavy atom. The minimum atomic E-state index is 0.336. The average Bonchev–Trinajstić information content (AvgIpc) is 2.31. The van der Waals surface area contributed by atoms with Gasteiger partial charge in [-0.1, -0.05) is 11.6 Å². The predicted molar refractivity (Wildman–Crippen MR) is 66.3 cm³/mol. The number of aryl methyl sites for hydroxylation is 2. The molecule has 0 atom stereocenters. The van der Waals surface area contributed by atoms with Crippen LogP contribution >= 0.6 is 11.6 Å². The van der Waals surface area contributed by atoms with Gasteiger partial charge in [-0.3, -0.25) is 0 Å². The zero-order valence-corrected chi connectivity index (χ0v) is 10.6. The third kappa shape index (κ3) is 2.36. The lowest BCUT2D eigenvalue weighted by atomic mass is 10.0. The number of ether oxygens (including phenoxy) is 1. The van der Waals surface area contributed by atoms with Gasteiger partial charge in [0.25, 0.3) is 0 Å². The summed E-state index contributed by atoms with van der Waals surface area (Å²) in [5.74, 6) is 1.38. The summed E-state index contributed by atoms with van der Waals surface area (Å²) >= 11 is 5.81. The fraction of sp³-hybridized carbons (Fsp3) is 0.250. The summed E-state index contributed by atoms with van der Waals surface area (Å²) in [5, 5.41) is 8.12. The van der Waals surface area contributed by atoms with Gasteiger partial charge >= 0.3 is 0 Å². The van der Waals surface area contributed by atoms with E-state index in [2.05, 4.69) is 15.2 Å². The van der Waals surface area contributed by atoms with Gasteiger partial charge in [0.15, 0.2) is 11.0 Å². The molecule has 5 heteroatoms. The van der Waals surface area contributed by atoms with E-state index >= 15 is 0 Å². The number of benzene rings is 1. The number of nitrogens with zero attached hydrogens (tertiary/aromatic N) is 3. The van der Waals surface area contributed by atoms with E-state index in [1.807, 2.05) is 26.0 Å². The van der Waals surface area contributed by atoms with Gasteiger partial charge < -0.3 is 4.74 Å². The van der Waals surface area contributed by atoms with Crippen LogP contribution in [-0.4, -0.2) is 22.3 Å². The Morgan fingerprint density at radius 1 is 1.18 bits per heavy atom. The molecule has 2 rings (SSSR count). The first-order valence-corrected chi connectivity index (χ1v) is 5.50. The lowest BCUT2D eigenvalue weighted by Crippen LogP contribution is -1.96. The highest BCUT2D eigenvalue weighted by molar-refractivity contribution is 6.29. The second-order valence-electron chi connectivity index (χ2n) is 3.74. The summed E-state index contributed by atoms with van der Waals surface area (Å²) in [7, 11) is 1.65. The molecule has 0 saturated heterocycles. The first kappa shape index (κ1) is 11.8. The summed E-state index contributed by atoms with van der Waals surface area (Å²) in [6.45, 7) is 3.95. The predicted octanol–water partition coefficient (Wildman–Crippen LogP) is 2.82. The lowest BCUT2D eigenvalue weighted by Gasteiger charge is -2.09. The van der Waals surface area contributed by atoms with E-state index in [1.54, 1.807) is 7.11 Å². The Morgan fingerprint density at radius 2 is 1.94 bits per heavy atom. The highest BCUT2D eigenvalue weighted by atomic mass is 35.5. The van der Waals surface area contributed by atoms with Crippen molar-refractivity contribution in [3.05, 3.63) is 34.6 Å². The fourth-order valence-corrected chi connectivity index (χ4v) is 1.77. The molecule has 0 N–H and O–H groups in total. The van der Waals surface area contributed by atoms with Crippen LogP contribution in [-0.2, 0) is 0 Å². The fourth-order valence-electron chi connectivity index (χ4n) is 1.65. The topological polar surface area (TPSA) is 47.9 Å². The molecular formula is C12H12ClN3O. The van der Waals surface area contributed by atoms with E-state index < -0.39 is 0 Å². The summed E-state index contributed by atoms with van der Waals surface area (Å²) in [6, 6.07) is 3.93. The van der Waals surface area contributed by atoms with Crippen molar-refractivity contribution in [2.75, 3.05) is 7.11 Å². The van der Waals surface area contributed by atoms with Crippen molar-refractivity contribution >= 4 is 11.6 Å². The second kappa shape index (κ2) is 4.67. The van der Waals surface area contributed by atoms with Crippen LogP contribution < -0.4 is 4.74 Å². The largest absolute Gasteiger partial charge is 0.496 e. The number of aromatic nitrogens is 3. The summed E-state index contributed by atoms with van der Waals surface area (Å²) in [6.07, 6.45) is 1.41. The summed E-state index contributed by atoms with van der Waals surface area (Å²) in [5.41, 5.74) is 2.96. The second-order valence-corrected chi connectivity index (χ2v) is 4.13. The monoisotopic (exact) mass is 249 g/mol. The molecule has 1 heterocycles. The molecule has 0 amide bonds. The first-order valence-electron chi connectivity index (χ1n) is 5.12. The zero-order valence-electron chi connectivity index (χ0n) is 9.86. The van der Waals surface area contributed by atoms with Crippen LogP contribution in [0.3, 0.4) is 0 Å². The van der Waals surface area contributed by atoms with E-state index in [0.717, 1.165) is 22.4 Å². The van der Waals surface area contributed by atoms with Gasteiger partial charge in [-0.05, 0) is 37.1 Å². The highest BCUT2D eigenvalue weighted by Gasteiger charge is 2.10. The average molecular weight is 250 g/mol. The molecule has 0 saturated carbocycles. The molecule has 88 valence electrons. The van der Waals surface area contributed by atoms with Gasteiger partial charge in [0.1, 0.15) is 5.75 Å². The molecule has 0 fully saturated rings. The maximum absolute atomic E-state index is 5.81. The normalized spacial score (nSPS) is 10.4. The SMILES string of the molecule is COc1cc(C)c(-c2nncc(Cl)n2)cc1C. The van der Waals surface area contributed by atoms with Crippen molar-refractivity contribution in [2.24, 2.45) is 0 Å². The van der Waals surface area contributed by atoms with Gasteiger partial charge in [-0.15, -0.1) is 5.10 Å². The van der Waals surface area contributed by atoms with Gasteiger partial charge in [-0.2, -0.15) is 5.10 Å². The Balaban J connectivity index is 2.56. The van der Waals surface area contributed by atoms with Crippen molar-refractivity contribution in [3.8, 4) is 17.1 Å².